The second-order valence-corrected chi connectivity index (χ2v) is 14.6. The minimum absolute atomic E-state index is 0.0108. The molecule has 0 heterocycles. The maximum absolute atomic E-state index is 11.3. The Labute approximate surface area is 197 Å². The van der Waals surface area contributed by atoms with E-state index in [0.717, 1.165) is 18.8 Å². The van der Waals surface area contributed by atoms with Gasteiger partial charge >= 0.3 is 0 Å². The summed E-state index contributed by atoms with van der Waals surface area (Å²) in [6, 6.07) is 0. The van der Waals surface area contributed by atoms with E-state index in [1.54, 1.807) is 5.57 Å². The minimum atomic E-state index is -0.175. The van der Waals surface area contributed by atoms with E-state index in [4.69, 9.17) is 0 Å². The summed E-state index contributed by atoms with van der Waals surface area (Å²) in [5.74, 6) is 3.31. The average Bonchev–Trinajstić information content (AvgIpc) is 2.73. The van der Waals surface area contributed by atoms with Crippen LogP contribution in [0.2, 0.25) is 0 Å². The first-order chi connectivity index (χ1) is 14.9. The zero-order valence-corrected chi connectivity index (χ0v) is 22.0. The van der Waals surface area contributed by atoms with Crippen LogP contribution in [0.1, 0.15) is 106 Å². The van der Waals surface area contributed by atoms with Gasteiger partial charge in [-0.3, -0.25) is 0 Å². The van der Waals surface area contributed by atoms with Crippen LogP contribution in [0.5, 0.6) is 0 Å². The van der Waals surface area contributed by atoms with Gasteiger partial charge in [0, 0.05) is 5.41 Å². The van der Waals surface area contributed by atoms with Crippen molar-refractivity contribution in [2.24, 2.45) is 56.7 Å². The van der Waals surface area contributed by atoms with Gasteiger partial charge in [0.25, 0.3) is 0 Å². The van der Waals surface area contributed by atoms with Gasteiger partial charge in [-0.2, -0.15) is 0 Å². The fourth-order valence-electron chi connectivity index (χ4n) is 11.0. The van der Waals surface area contributed by atoms with Crippen LogP contribution in [0.4, 0.5) is 0 Å². The number of fused-ring (bicyclic) bond motifs is 7. The van der Waals surface area contributed by atoms with Gasteiger partial charge in [0.15, 0.2) is 0 Å². The molecule has 0 aromatic rings. The number of hydrogen-bond acceptors (Lipinski definition) is 2. The van der Waals surface area contributed by atoms with Gasteiger partial charge < -0.3 is 10.2 Å². The van der Waals surface area contributed by atoms with Gasteiger partial charge in [-0.15, -0.1) is 0 Å². The Kier molecular flexibility index (Phi) is 5.19. The molecule has 0 spiro atoms. The Morgan fingerprint density at radius 2 is 1.59 bits per heavy atom. The van der Waals surface area contributed by atoms with E-state index in [2.05, 4.69) is 54.5 Å². The zero-order valence-electron chi connectivity index (χ0n) is 22.0. The topological polar surface area (TPSA) is 40.5 Å². The highest BCUT2D eigenvalue weighted by molar-refractivity contribution is 5.34. The summed E-state index contributed by atoms with van der Waals surface area (Å²) in [6.07, 6.45) is 13.3. The fraction of sp³-hybridized carbons (Fsp3) is 0.933. The summed E-state index contributed by atoms with van der Waals surface area (Å²) < 4.78 is 0. The highest BCUT2D eigenvalue weighted by Gasteiger charge is 2.69. The molecule has 0 radical (unpaired) electrons. The molecule has 2 N–H and O–H groups in total. The van der Waals surface area contributed by atoms with E-state index in [1.165, 1.54) is 44.9 Å². The van der Waals surface area contributed by atoms with Crippen LogP contribution >= 0.6 is 0 Å². The van der Waals surface area contributed by atoms with Crippen LogP contribution in [0.25, 0.3) is 0 Å². The first kappa shape index (κ1) is 23.4. The predicted molar refractivity (Wildman–Crippen MR) is 132 cm³/mol. The molecule has 0 amide bonds. The molecular weight excluding hydrogens is 392 g/mol. The van der Waals surface area contributed by atoms with Gasteiger partial charge in [0.2, 0.25) is 0 Å². The molecule has 2 nitrogen and oxygen atoms in total. The van der Waals surface area contributed by atoms with E-state index in [-0.39, 0.29) is 27.8 Å². The van der Waals surface area contributed by atoms with Crippen LogP contribution in [0.15, 0.2) is 11.6 Å². The average molecular weight is 443 g/mol. The van der Waals surface area contributed by atoms with E-state index < -0.39 is 0 Å². The summed E-state index contributed by atoms with van der Waals surface area (Å²) in [5.41, 5.74) is 2.45. The quantitative estimate of drug-likeness (QED) is 0.429. The van der Waals surface area contributed by atoms with Crippen molar-refractivity contribution in [3.8, 4) is 0 Å². The molecular formula is C30H50O2. The van der Waals surface area contributed by atoms with Crippen LogP contribution < -0.4 is 0 Å². The molecule has 0 aromatic carbocycles. The number of allylic oxidation sites excluding steroid dienone is 1. The second kappa shape index (κ2) is 7.09. The van der Waals surface area contributed by atoms with Crippen molar-refractivity contribution >= 4 is 0 Å². The monoisotopic (exact) mass is 442 g/mol. The Hall–Kier alpha value is -0.340. The van der Waals surface area contributed by atoms with Crippen molar-refractivity contribution in [3.05, 3.63) is 11.6 Å². The third-order valence-electron chi connectivity index (χ3n) is 13.3. The third kappa shape index (κ3) is 2.66. The molecule has 0 bridgehead atoms. The lowest BCUT2D eigenvalue weighted by Gasteiger charge is -2.71. The summed E-state index contributed by atoms with van der Waals surface area (Å²) in [7, 11) is 0. The maximum atomic E-state index is 11.3. The van der Waals surface area contributed by atoms with Crippen molar-refractivity contribution in [2.45, 2.75) is 112 Å². The summed E-state index contributed by atoms with van der Waals surface area (Å²) in [5, 5.41) is 22.1. The minimum Gasteiger partial charge on any atom is -0.395 e. The van der Waals surface area contributed by atoms with Gasteiger partial charge in [-0.25, -0.2) is 0 Å². The Bertz CT molecular complexity index is 799. The summed E-state index contributed by atoms with van der Waals surface area (Å²) in [4.78, 5) is 0. The van der Waals surface area contributed by atoms with Crippen molar-refractivity contribution in [1.82, 2.24) is 0 Å². The number of rotatable bonds is 1. The molecule has 5 rings (SSSR count). The van der Waals surface area contributed by atoms with Gasteiger partial charge in [-0.05, 0) is 109 Å². The van der Waals surface area contributed by atoms with Gasteiger partial charge in [0.1, 0.15) is 0 Å². The van der Waals surface area contributed by atoms with Crippen LogP contribution in [0, 0.1) is 56.7 Å². The van der Waals surface area contributed by atoms with Crippen LogP contribution in [-0.2, 0) is 0 Å². The molecule has 182 valence electrons. The highest BCUT2D eigenvalue weighted by atomic mass is 16.3. The lowest BCUT2D eigenvalue weighted by Crippen LogP contribution is -2.66. The zero-order chi connectivity index (χ0) is 23.3. The smallest absolute Gasteiger partial charge is 0.0594 e. The molecule has 10 atom stereocenters. The Balaban J connectivity index is 1.62. The fourth-order valence-corrected chi connectivity index (χ4v) is 11.0. The van der Waals surface area contributed by atoms with Gasteiger partial charge in [-0.1, -0.05) is 60.1 Å². The second-order valence-electron chi connectivity index (χ2n) is 14.6. The first-order valence-corrected chi connectivity index (χ1v) is 13.9. The SMILES string of the molecule is C[C@@H]1CC[C@]2(C)CC[C@]3(CO)C(=CCC4[C@@]5(C)CC[C@H](O)C(C)(C)C5CC[C@]43C)C2[C@H]1C. The van der Waals surface area contributed by atoms with E-state index in [1.807, 2.05) is 0 Å². The molecule has 32 heavy (non-hydrogen) atoms. The van der Waals surface area contributed by atoms with Crippen molar-refractivity contribution in [3.63, 3.8) is 0 Å². The molecule has 4 fully saturated rings. The summed E-state index contributed by atoms with van der Waals surface area (Å²) >= 11 is 0. The summed E-state index contributed by atoms with van der Waals surface area (Å²) in [6.45, 7) is 17.7. The molecule has 5 aliphatic carbocycles. The third-order valence-corrected chi connectivity index (χ3v) is 13.3. The van der Waals surface area contributed by atoms with Crippen molar-refractivity contribution < 1.29 is 10.2 Å². The predicted octanol–water partition coefficient (Wildman–Crippen LogP) is 7.00. The number of aliphatic hydroxyl groups is 2. The molecule has 3 unspecified atom stereocenters. The normalized spacial score (nSPS) is 56.8. The van der Waals surface area contributed by atoms with E-state index in [0.29, 0.717) is 35.7 Å². The number of aliphatic hydroxyl groups excluding tert-OH is 2. The number of hydrogen-bond donors (Lipinski definition) is 2. The van der Waals surface area contributed by atoms with Crippen LogP contribution in [0.3, 0.4) is 0 Å². The van der Waals surface area contributed by atoms with E-state index >= 15 is 0 Å². The Morgan fingerprint density at radius 1 is 0.875 bits per heavy atom. The molecule has 0 aromatic heterocycles. The molecule has 4 saturated carbocycles. The molecule has 2 heteroatoms. The van der Waals surface area contributed by atoms with Crippen LogP contribution in [-0.4, -0.2) is 22.9 Å². The Morgan fingerprint density at radius 3 is 2.28 bits per heavy atom. The standard InChI is InChI=1S/C30H50O2/c1-19-10-13-27(5)16-17-30(18-31)21(25(27)20(19)2)8-9-23-28(6)14-12-24(32)26(3,4)22(28)11-15-29(23,30)7/h8,19-20,22-25,31-32H,9-18H2,1-7H3/t19-,20+,22?,23?,24+,25?,27-,28+,29-,30+/m1/s1. The molecule has 5 aliphatic rings. The van der Waals surface area contributed by atoms with E-state index in [9.17, 15) is 10.2 Å². The van der Waals surface area contributed by atoms with Crippen molar-refractivity contribution in [1.29, 1.82) is 0 Å². The lowest BCUT2D eigenvalue weighted by molar-refractivity contribution is -0.213. The first-order valence-electron chi connectivity index (χ1n) is 13.9. The van der Waals surface area contributed by atoms with Gasteiger partial charge in [0.05, 0.1) is 12.7 Å². The molecule has 0 aliphatic heterocycles. The highest BCUT2D eigenvalue weighted by Crippen LogP contribution is 2.75. The lowest BCUT2D eigenvalue weighted by atomic mass is 9.33. The van der Waals surface area contributed by atoms with Crippen molar-refractivity contribution in [2.75, 3.05) is 6.61 Å². The maximum Gasteiger partial charge on any atom is 0.0594 e. The largest absolute Gasteiger partial charge is 0.395 e. The molecule has 0 saturated heterocycles.